The third-order valence-corrected chi connectivity index (χ3v) is 4.59. The lowest BCUT2D eigenvalue weighted by Gasteiger charge is -2.08. The van der Waals surface area contributed by atoms with Gasteiger partial charge in [-0.1, -0.05) is 47.5 Å². The summed E-state index contributed by atoms with van der Waals surface area (Å²) in [6.45, 7) is 0.434. The van der Waals surface area contributed by atoms with Crippen LogP contribution in [0.25, 0.3) is 11.6 Å². The van der Waals surface area contributed by atoms with Crippen LogP contribution in [0.15, 0.2) is 71.3 Å². The molecule has 2 aromatic heterocycles. The molecule has 0 fully saturated rings. The molecule has 0 amide bonds. The number of carbonyl (C=O) groups is 1. The van der Waals surface area contributed by atoms with Crippen LogP contribution in [0.3, 0.4) is 0 Å². The van der Waals surface area contributed by atoms with E-state index in [4.69, 9.17) is 27.6 Å². The molecule has 28 heavy (non-hydrogen) atoms. The molecule has 0 unspecified atom stereocenters. The Morgan fingerprint density at radius 2 is 1.82 bits per heavy atom. The quantitative estimate of drug-likeness (QED) is 0.490. The molecule has 0 spiro atoms. The normalized spacial score (nSPS) is 10.8. The number of nitrogens with zero attached hydrogens (tertiary/aromatic N) is 3. The van der Waals surface area contributed by atoms with E-state index in [1.807, 2.05) is 12.1 Å². The SMILES string of the molecule is O=C(c1ccccc1Cl)n1nc(-c2ccco2)nc1NCc1ccc(Cl)cc1. The molecule has 140 valence electrons. The molecule has 0 aliphatic rings. The van der Waals surface area contributed by atoms with Crippen molar-refractivity contribution in [1.29, 1.82) is 0 Å². The number of hydrogen-bond donors (Lipinski definition) is 1. The summed E-state index contributed by atoms with van der Waals surface area (Å²) in [4.78, 5) is 17.4. The highest BCUT2D eigenvalue weighted by Gasteiger charge is 2.21. The lowest BCUT2D eigenvalue weighted by molar-refractivity contribution is 0.0947. The van der Waals surface area contributed by atoms with Gasteiger partial charge in [0, 0.05) is 11.6 Å². The standard InChI is InChI=1S/C20H14Cl2N4O2/c21-14-9-7-13(8-10-14)12-23-20-24-18(17-6-3-11-28-17)25-26(20)19(27)15-4-1-2-5-16(15)22/h1-11H,12H2,(H,23,24,25). The molecular formula is C20H14Cl2N4O2. The molecule has 0 atom stereocenters. The minimum Gasteiger partial charge on any atom is -0.461 e. The zero-order chi connectivity index (χ0) is 19.5. The van der Waals surface area contributed by atoms with Gasteiger partial charge in [0.15, 0.2) is 5.76 Å². The van der Waals surface area contributed by atoms with E-state index < -0.39 is 5.91 Å². The van der Waals surface area contributed by atoms with Gasteiger partial charge in [0.2, 0.25) is 11.8 Å². The van der Waals surface area contributed by atoms with E-state index in [9.17, 15) is 4.79 Å². The Bertz CT molecular complexity index is 1110. The minimum absolute atomic E-state index is 0.284. The average Bonchev–Trinajstić information content (AvgIpc) is 3.37. The molecule has 0 aliphatic heterocycles. The number of carbonyl (C=O) groups excluding carboxylic acids is 1. The molecule has 2 heterocycles. The van der Waals surface area contributed by atoms with Crippen LogP contribution in [0.4, 0.5) is 5.95 Å². The molecule has 0 bridgehead atoms. The first-order valence-corrected chi connectivity index (χ1v) is 9.16. The number of furan rings is 1. The van der Waals surface area contributed by atoms with Crippen molar-refractivity contribution in [3.63, 3.8) is 0 Å². The number of halogens is 2. The van der Waals surface area contributed by atoms with Crippen molar-refractivity contribution in [3.8, 4) is 11.6 Å². The maximum absolute atomic E-state index is 13.0. The third-order valence-electron chi connectivity index (χ3n) is 4.01. The van der Waals surface area contributed by atoms with Crippen LogP contribution in [0.5, 0.6) is 0 Å². The predicted molar refractivity (Wildman–Crippen MR) is 108 cm³/mol. The summed E-state index contributed by atoms with van der Waals surface area (Å²) in [7, 11) is 0. The van der Waals surface area contributed by atoms with Crippen molar-refractivity contribution < 1.29 is 9.21 Å². The van der Waals surface area contributed by atoms with E-state index in [2.05, 4.69) is 15.4 Å². The molecule has 8 heteroatoms. The van der Waals surface area contributed by atoms with Gasteiger partial charge in [-0.05, 0) is 42.0 Å². The van der Waals surface area contributed by atoms with E-state index >= 15 is 0 Å². The zero-order valence-electron chi connectivity index (χ0n) is 14.5. The Kier molecular flexibility index (Phi) is 5.14. The summed E-state index contributed by atoms with van der Waals surface area (Å²) in [5.41, 5.74) is 1.30. The Hall–Kier alpha value is -3.09. The topological polar surface area (TPSA) is 73.0 Å². The first kappa shape index (κ1) is 18.3. The van der Waals surface area contributed by atoms with E-state index in [1.54, 1.807) is 48.5 Å². The fourth-order valence-corrected chi connectivity index (χ4v) is 2.95. The van der Waals surface area contributed by atoms with Gasteiger partial charge in [-0.3, -0.25) is 4.79 Å². The summed E-state index contributed by atoms with van der Waals surface area (Å²) >= 11 is 12.1. The Labute approximate surface area is 170 Å². The van der Waals surface area contributed by atoms with Crippen LogP contribution in [0, 0.1) is 0 Å². The van der Waals surface area contributed by atoms with Gasteiger partial charge in [0.1, 0.15) is 0 Å². The van der Waals surface area contributed by atoms with E-state index in [0.29, 0.717) is 33.7 Å². The monoisotopic (exact) mass is 412 g/mol. The van der Waals surface area contributed by atoms with Crippen LogP contribution < -0.4 is 5.32 Å². The van der Waals surface area contributed by atoms with Crippen LogP contribution in [0.1, 0.15) is 15.9 Å². The average molecular weight is 413 g/mol. The van der Waals surface area contributed by atoms with Gasteiger partial charge in [0.05, 0.1) is 16.8 Å². The molecule has 0 radical (unpaired) electrons. The lowest BCUT2D eigenvalue weighted by Crippen LogP contribution is -2.18. The minimum atomic E-state index is -0.394. The summed E-state index contributed by atoms with van der Waals surface area (Å²) < 4.78 is 6.54. The van der Waals surface area contributed by atoms with E-state index in [-0.39, 0.29) is 5.95 Å². The van der Waals surface area contributed by atoms with Gasteiger partial charge >= 0.3 is 0 Å². The number of anilines is 1. The number of aromatic nitrogens is 3. The van der Waals surface area contributed by atoms with E-state index in [0.717, 1.165) is 5.56 Å². The fraction of sp³-hybridized carbons (Fsp3) is 0.0500. The highest BCUT2D eigenvalue weighted by Crippen LogP contribution is 2.22. The third kappa shape index (κ3) is 3.78. The van der Waals surface area contributed by atoms with Crippen molar-refractivity contribution >= 4 is 35.1 Å². The second-order valence-electron chi connectivity index (χ2n) is 5.91. The number of hydrogen-bond acceptors (Lipinski definition) is 5. The Morgan fingerprint density at radius 1 is 1.04 bits per heavy atom. The van der Waals surface area contributed by atoms with Crippen molar-refractivity contribution in [1.82, 2.24) is 14.8 Å². The summed E-state index contributed by atoms with van der Waals surface area (Å²) in [5, 5.41) is 8.45. The van der Waals surface area contributed by atoms with Gasteiger partial charge < -0.3 is 9.73 Å². The summed E-state index contributed by atoms with van der Waals surface area (Å²) in [6, 6.07) is 17.6. The summed E-state index contributed by atoms with van der Waals surface area (Å²) in [6.07, 6.45) is 1.52. The van der Waals surface area contributed by atoms with Crippen LogP contribution in [0.2, 0.25) is 10.0 Å². The van der Waals surface area contributed by atoms with Crippen LogP contribution in [-0.2, 0) is 6.54 Å². The van der Waals surface area contributed by atoms with Gasteiger partial charge in [-0.15, -0.1) is 5.10 Å². The van der Waals surface area contributed by atoms with Gasteiger partial charge in [-0.25, -0.2) is 0 Å². The molecule has 6 nitrogen and oxygen atoms in total. The summed E-state index contributed by atoms with van der Waals surface area (Å²) in [5.74, 6) is 0.644. The van der Waals surface area contributed by atoms with Gasteiger partial charge in [0.25, 0.3) is 5.91 Å². The maximum atomic E-state index is 13.0. The van der Waals surface area contributed by atoms with Crippen LogP contribution >= 0.6 is 23.2 Å². The molecule has 2 aromatic carbocycles. The molecule has 1 N–H and O–H groups in total. The maximum Gasteiger partial charge on any atom is 0.282 e. The van der Waals surface area contributed by atoms with Crippen molar-refractivity contribution in [2.24, 2.45) is 0 Å². The highest BCUT2D eigenvalue weighted by atomic mass is 35.5. The molecule has 0 saturated carbocycles. The smallest absolute Gasteiger partial charge is 0.282 e. The molecule has 0 saturated heterocycles. The number of nitrogens with one attached hydrogen (secondary N) is 1. The molecule has 4 aromatic rings. The molecular weight excluding hydrogens is 399 g/mol. The number of rotatable bonds is 5. The zero-order valence-corrected chi connectivity index (χ0v) is 16.0. The molecule has 0 aliphatic carbocycles. The van der Waals surface area contributed by atoms with Crippen molar-refractivity contribution in [2.45, 2.75) is 6.54 Å². The molecule has 4 rings (SSSR count). The Morgan fingerprint density at radius 3 is 2.54 bits per heavy atom. The predicted octanol–water partition coefficient (Wildman–Crippen LogP) is 5.15. The first-order chi connectivity index (χ1) is 13.6. The van der Waals surface area contributed by atoms with E-state index in [1.165, 1.54) is 10.9 Å². The second-order valence-corrected chi connectivity index (χ2v) is 6.76. The first-order valence-electron chi connectivity index (χ1n) is 8.40. The second kappa shape index (κ2) is 7.88. The highest BCUT2D eigenvalue weighted by molar-refractivity contribution is 6.34. The largest absolute Gasteiger partial charge is 0.461 e. The van der Waals surface area contributed by atoms with Crippen molar-refractivity contribution in [3.05, 3.63) is 88.1 Å². The van der Waals surface area contributed by atoms with Crippen LogP contribution in [-0.4, -0.2) is 20.7 Å². The fourth-order valence-electron chi connectivity index (χ4n) is 2.61. The Balaban J connectivity index is 1.68. The van der Waals surface area contributed by atoms with Gasteiger partial charge in [-0.2, -0.15) is 9.67 Å². The lowest BCUT2D eigenvalue weighted by atomic mass is 10.2. The number of benzene rings is 2. The van der Waals surface area contributed by atoms with Crippen molar-refractivity contribution in [2.75, 3.05) is 5.32 Å².